The number of carbonyl (C=O) groups excluding carboxylic acids is 3. The molecule has 7 N–H and O–H groups in total. The van der Waals surface area contributed by atoms with Gasteiger partial charge in [0.1, 0.15) is 18.1 Å². The highest BCUT2D eigenvalue weighted by Crippen LogP contribution is 2.19. The molecule has 1 fully saturated rings. The number of aliphatic carboxylic acids is 2. The number of carboxylic acids is 2. The Kier molecular flexibility index (Phi) is 8.98. The molecule has 0 bridgehead atoms. The van der Waals surface area contributed by atoms with Crippen LogP contribution in [-0.2, 0) is 24.0 Å². The van der Waals surface area contributed by atoms with E-state index in [9.17, 15) is 34.2 Å². The van der Waals surface area contributed by atoms with E-state index in [-0.39, 0.29) is 19.4 Å². The molecule has 12 nitrogen and oxygen atoms in total. The summed E-state index contributed by atoms with van der Waals surface area (Å²) in [6.07, 6.45) is -1.33. The van der Waals surface area contributed by atoms with Gasteiger partial charge in [-0.3, -0.25) is 19.2 Å². The predicted molar refractivity (Wildman–Crippen MR) is 98.4 cm³/mol. The van der Waals surface area contributed by atoms with Crippen molar-refractivity contribution in [2.24, 2.45) is 5.73 Å². The van der Waals surface area contributed by atoms with E-state index in [2.05, 4.69) is 10.6 Å². The van der Waals surface area contributed by atoms with Crippen LogP contribution >= 0.6 is 0 Å². The summed E-state index contributed by atoms with van der Waals surface area (Å²) in [7, 11) is 0. The zero-order chi connectivity index (χ0) is 22.3. The van der Waals surface area contributed by atoms with Crippen LogP contribution in [0, 0.1) is 0 Å². The van der Waals surface area contributed by atoms with E-state index in [0.717, 1.165) is 4.90 Å². The minimum absolute atomic E-state index is 0.165. The van der Waals surface area contributed by atoms with Crippen molar-refractivity contribution in [2.45, 2.75) is 69.8 Å². The summed E-state index contributed by atoms with van der Waals surface area (Å²) in [4.78, 5) is 60.4. The first-order valence-corrected chi connectivity index (χ1v) is 9.25. The fraction of sp³-hybridized carbons (Fsp3) is 0.706. The summed E-state index contributed by atoms with van der Waals surface area (Å²) in [5.41, 5.74) is 5.45. The van der Waals surface area contributed by atoms with Crippen LogP contribution < -0.4 is 16.4 Å². The van der Waals surface area contributed by atoms with Crippen molar-refractivity contribution in [3.8, 4) is 0 Å². The van der Waals surface area contributed by atoms with Crippen molar-refractivity contribution >= 4 is 29.7 Å². The molecule has 5 unspecified atom stereocenters. The van der Waals surface area contributed by atoms with E-state index in [1.165, 1.54) is 13.8 Å². The zero-order valence-corrected chi connectivity index (χ0v) is 16.3. The van der Waals surface area contributed by atoms with Gasteiger partial charge in [0, 0.05) is 13.0 Å². The van der Waals surface area contributed by atoms with Gasteiger partial charge in [0.05, 0.1) is 12.1 Å². The highest BCUT2D eigenvalue weighted by atomic mass is 16.4. The Morgan fingerprint density at radius 3 is 2.21 bits per heavy atom. The third-order valence-corrected chi connectivity index (χ3v) is 4.56. The van der Waals surface area contributed by atoms with Crippen molar-refractivity contribution in [1.29, 1.82) is 0 Å². The number of likely N-dealkylation sites (tertiary alicyclic amines) is 1. The van der Waals surface area contributed by atoms with Gasteiger partial charge in [0.25, 0.3) is 0 Å². The van der Waals surface area contributed by atoms with E-state index in [1.807, 2.05) is 0 Å². The van der Waals surface area contributed by atoms with Gasteiger partial charge < -0.3 is 36.6 Å². The van der Waals surface area contributed by atoms with E-state index in [0.29, 0.717) is 6.42 Å². The second kappa shape index (κ2) is 10.7. The molecule has 0 spiro atoms. The molecule has 0 saturated carbocycles. The lowest BCUT2D eigenvalue weighted by atomic mass is 10.1. The van der Waals surface area contributed by atoms with Gasteiger partial charge in [-0.05, 0) is 33.1 Å². The quantitative estimate of drug-likeness (QED) is 0.225. The summed E-state index contributed by atoms with van der Waals surface area (Å²) in [5.74, 6) is -4.72. The average Bonchev–Trinajstić information content (AvgIpc) is 3.11. The molecular formula is C17H28N4O8. The van der Waals surface area contributed by atoms with Gasteiger partial charge in [-0.25, -0.2) is 4.79 Å². The lowest BCUT2D eigenvalue weighted by molar-refractivity contribution is -0.150. The monoisotopic (exact) mass is 416 g/mol. The maximum atomic E-state index is 12.7. The molecule has 0 aromatic carbocycles. The third-order valence-electron chi connectivity index (χ3n) is 4.56. The Morgan fingerprint density at radius 2 is 1.72 bits per heavy atom. The molecule has 0 aliphatic carbocycles. The van der Waals surface area contributed by atoms with E-state index in [1.54, 1.807) is 0 Å². The maximum absolute atomic E-state index is 12.7. The molecule has 0 radical (unpaired) electrons. The Labute approximate surface area is 167 Å². The molecule has 1 aliphatic rings. The smallest absolute Gasteiger partial charge is 0.326 e. The first-order valence-electron chi connectivity index (χ1n) is 9.25. The lowest BCUT2D eigenvalue weighted by Crippen LogP contribution is -2.59. The van der Waals surface area contributed by atoms with Crippen LogP contribution in [0.3, 0.4) is 0 Å². The Morgan fingerprint density at radius 1 is 1.10 bits per heavy atom. The fourth-order valence-corrected chi connectivity index (χ4v) is 2.95. The third kappa shape index (κ3) is 6.98. The number of nitrogens with zero attached hydrogens (tertiary/aromatic N) is 1. The van der Waals surface area contributed by atoms with Crippen LogP contribution in [-0.4, -0.2) is 86.7 Å². The van der Waals surface area contributed by atoms with Gasteiger partial charge in [0.2, 0.25) is 17.7 Å². The molecular weight excluding hydrogens is 388 g/mol. The van der Waals surface area contributed by atoms with Crippen LogP contribution in [0.1, 0.15) is 39.5 Å². The number of hydrogen-bond donors (Lipinski definition) is 6. The van der Waals surface area contributed by atoms with Crippen molar-refractivity contribution in [2.75, 3.05) is 6.54 Å². The normalized spacial score (nSPS) is 20.3. The predicted octanol–water partition coefficient (Wildman–Crippen LogP) is -2.38. The van der Waals surface area contributed by atoms with Crippen molar-refractivity contribution in [3.63, 3.8) is 0 Å². The Balaban J connectivity index is 2.96. The van der Waals surface area contributed by atoms with Crippen LogP contribution in [0.25, 0.3) is 0 Å². The zero-order valence-electron chi connectivity index (χ0n) is 16.3. The summed E-state index contributed by atoms with van der Waals surface area (Å²) < 4.78 is 0. The number of carbonyl (C=O) groups is 5. The molecule has 164 valence electrons. The lowest BCUT2D eigenvalue weighted by Gasteiger charge is -2.30. The molecule has 12 heteroatoms. The van der Waals surface area contributed by atoms with Crippen LogP contribution in [0.2, 0.25) is 0 Å². The van der Waals surface area contributed by atoms with Crippen LogP contribution in [0.5, 0.6) is 0 Å². The number of rotatable bonds is 10. The van der Waals surface area contributed by atoms with Gasteiger partial charge in [-0.15, -0.1) is 0 Å². The number of amides is 3. The number of nitrogens with two attached hydrogens (primary N) is 1. The van der Waals surface area contributed by atoms with Crippen molar-refractivity contribution in [1.82, 2.24) is 15.5 Å². The first kappa shape index (κ1) is 24.3. The van der Waals surface area contributed by atoms with Gasteiger partial charge in [-0.2, -0.15) is 0 Å². The number of aliphatic hydroxyl groups is 1. The SMILES string of the molecule is CC(N)C(=O)NC(CCC(=O)O)C(=O)NC(C(=O)N1CCCC1C(=O)O)C(C)O. The van der Waals surface area contributed by atoms with E-state index < -0.39 is 66.4 Å². The molecule has 3 amide bonds. The number of aliphatic hydroxyl groups excluding tert-OH is 1. The van der Waals surface area contributed by atoms with Crippen LogP contribution in [0.4, 0.5) is 0 Å². The first-order chi connectivity index (χ1) is 13.5. The molecule has 0 aromatic rings. The molecule has 1 rings (SSSR count). The molecule has 0 aromatic heterocycles. The average molecular weight is 416 g/mol. The fourth-order valence-electron chi connectivity index (χ4n) is 2.95. The second-order valence-corrected chi connectivity index (χ2v) is 7.04. The summed E-state index contributed by atoms with van der Waals surface area (Å²) in [5, 5.41) is 32.7. The number of hydrogen-bond acceptors (Lipinski definition) is 7. The second-order valence-electron chi connectivity index (χ2n) is 7.04. The molecule has 1 heterocycles. The molecule has 5 atom stereocenters. The van der Waals surface area contributed by atoms with Gasteiger partial charge >= 0.3 is 11.9 Å². The highest BCUT2D eigenvalue weighted by Gasteiger charge is 2.40. The van der Waals surface area contributed by atoms with Gasteiger partial charge in [0.15, 0.2) is 0 Å². The van der Waals surface area contributed by atoms with Crippen molar-refractivity contribution in [3.05, 3.63) is 0 Å². The topological polar surface area (TPSA) is 199 Å². The van der Waals surface area contributed by atoms with Crippen LogP contribution in [0.15, 0.2) is 0 Å². The molecule has 1 aliphatic heterocycles. The highest BCUT2D eigenvalue weighted by molar-refractivity contribution is 5.94. The largest absolute Gasteiger partial charge is 0.481 e. The minimum atomic E-state index is -1.46. The maximum Gasteiger partial charge on any atom is 0.326 e. The summed E-state index contributed by atoms with van der Waals surface area (Å²) in [6, 6.07) is -4.76. The number of carboxylic acid groups (broad SMARTS) is 2. The minimum Gasteiger partial charge on any atom is -0.481 e. The summed E-state index contributed by atoms with van der Waals surface area (Å²) >= 11 is 0. The molecule has 29 heavy (non-hydrogen) atoms. The number of nitrogens with one attached hydrogen (secondary N) is 2. The van der Waals surface area contributed by atoms with E-state index in [4.69, 9.17) is 10.8 Å². The Bertz CT molecular complexity index is 651. The van der Waals surface area contributed by atoms with Crippen molar-refractivity contribution < 1.29 is 39.3 Å². The molecule has 1 saturated heterocycles. The van der Waals surface area contributed by atoms with E-state index >= 15 is 0 Å². The standard InChI is InChI=1S/C17H28N4O8/c1-8(18)14(25)19-10(5-6-12(23)24)15(26)20-13(9(2)22)16(27)21-7-3-4-11(21)17(28)29/h8-11,13,22H,3-7,18H2,1-2H3,(H,19,25)(H,20,26)(H,23,24)(H,28,29). The van der Waals surface area contributed by atoms with Gasteiger partial charge in [-0.1, -0.05) is 0 Å². The Hall–Kier alpha value is -2.73. The summed E-state index contributed by atoms with van der Waals surface area (Å²) in [6.45, 7) is 2.79.